The normalized spacial score (nSPS) is 11.8. The predicted octanol–water partition coefficient (Wildman–Crippen LogP) is 13.3. The molecule has 63 heavy (non-hydrogen) atoms. The van der Waals surface area contributed by atoms with Crippen molar-refractivity contribution >= 4 is 66.2 Å². The Bertz CT molecular complexity index is 3680. The summed E-state index contributed by atoms with van der Waals surface area (Å²) >= 11 is 0. The summed E-state index contributed by atoms with van der Waals surface area (Å²) in [4.78, 5) is 28.3. The van der Waals surface area contributed by atoms with Gasteiger partial charge in [-0.05, 0) is 150 Å². The van der Waals surface area contributed by atoms with Gasteiger partial charge in [0.2, 0.25) is 0 Å². The zero-order valence-corrected chi connectivity index (χ0v) is 33.3. The van der Waals surface area contributed by atoms with Gasteiger partial charge in [0.25, 0.3) is 0 Å². The molecule has 9 heteroatoms. The molecule has 0 aliphatic rings. The number of furan rings is 2. The minimum atomic E-state index is 0.711. The molecule has 4 aromatic carbocycles. The quantitative estimate of drug-likeness (QED) is 0.163. The summed E-state index contributed by atoms with van der Waals surface area (Å²) in [7, 11) is 0. The lowest BCUT2D eigenvalue weighted by Gasteiger charge is -2.13. The zero-order chi connectivity index (χ0) is 41.4. The Morgan fingerprint density at radius 1 is 0.333 bits per heavy atom. The number of benzene rings is 4. The lowest BCUT2D eigenvalue weighted by molar-refractivity contribution is 0.669. The van der Waals surface area contributed by atoms with Crippen LogP contribution in [0, 0.1) is 0 Å². The van der Waals surface area contributed by atoms with Crippen molar-refractivity contribution in [3.8, 4) is 61.6 Å². The van der Waals surface area contributed by atoms with Crippen molar-refractivity contribution in [2.75, 3.05) is 0 Å². The lowest BCUT2D eigenvalue weighted by atomic mass is 9.93. The van der Waals surface area contributed by atoms with Crippen LogP contribution in [0.4, 0.5) is 0 Å². The molecule has 0 aliphatic heterocycles. The Hall–Kier alpha value is -8.82. The van der Waals surface area contributed by atoms with Crippen LogP contribution in [-0.4, -0.2) is 34.5 Å². The summed E-state index contributed by atoms with van der Waals surface area (Å²) in [5.74, 6) is 0. The molecule has 0 amide bonds. The summed E-state index contributed by atoms with van der Waals surface area (Å²) in [6.45, 7) is 0. The molecule has 0 spiro atoms. The molecule has 9 nitrogen and oxygen atoms in total. The van der Waals surface area contributed by atoms with Crippen LogP contribution < -0.4 is 0 Å². The van der Waals surface area contributed by atoms with Gasteiger partial charge >= 0.3 is 0 Å². The van der Waals surface area contributed by atoms with Gasteiger partial charge in [-0.3, -0.25) is 29.9 Å². The average Bonchev–Trinajstić information content (AvgIpc) is 4.04. The summed E-state index contributed by atoms with van der Waals surface area (Å²) in [5.41, 5.74) is 18.9. The molecule has 9 heterocycles. The fourth-order valence-electron chi connectivity index (χ4n) is 8.99. The van der Waals surface area contributed by atoms with Gasteiger partial charge in [-0.1, -0.05) is 24.3 Å². The molecule has 0 saturated heterocycles. The first kappa shape index (κ1) is 35.0. The number of hydrogen-bond donors (Lipinski definition) is 0. The second kappa shape index (κ2) is 13.9. The van der Waals surface area contributed by atoms with Crippen LogP contribution in [-0.2, 0) is 0 Å². The zero-order valence-electron chi connectivity index (χ0n) is 33.3. The van der Waals surface area contributed by atoms with Crippen LogP contribution in [0.1, 0.15) is 0 Å². The van der Waals surface area contributed by atoms with E-state index in [9.17, 15) is 0 Å². The molecular weight excluding hydrogens is 779 g/mol. The molecule has 294 valence electrons. The van der Waals surface area contributed by atoms with Crippen molar-refractivity contribution < 1.29 is 8.83 Å². The predicted molar refractivity (Wildman–Crippen MR) is 249 cm³/mol. The van der Waals surface area contributed by atoms with Gasteiger partial charge in [0.05, 0.1) is 22.4 Å². The molecule has 0 saturated carbocycles. The molecular formula is C54H31N7O2. The van der Waals surface area contributed by atoms with Crippen LogP contribution in [0.25, 0.3) is 128 Å². The van der Waals surface area contributed by atoms with E-state index < -0.39 is 0 Å². The molecule has 0 N–H and O–H groups in total. The molecule has 0 radical (unpaired) electrons. The second-order valence-corrected chi connectivity index (χ2v) is 15.6. The van der Waals surface area contributed by atoms with E-state index in [1.54, 1.807) is 0 Å². The van der Waals surface area contributed by atoms with E-state index in [0.717, 1.165) is 117 Å². The molecule has 9 aromatic heterocycles. The Kier molecular flexibility index (Phi) is 7.70. The van der Waals surface area contributed by atoms with Crippen molar-refractivity contribution in [2.24, 2.45) is 0 Å². The lowest BCUT2D eigenvalue weighted by Crippen LogP contribution is -1.94. The summed E-state index contributed by atoms with van der Waals surface area (Å²) in [6, 6.07) is 51.7. The number of hydrogen-bond acceptors (Lipinski definition) is 8. The van der Waals surface area contributed by atoms with E-state index in [-0.39, 0.29) is 0 Å². The smallest absolute Gasteiger partial charge is 0.161 e. The average molecular weight is 810 g/mol. The maximum absolute atomic E-state index is 6.68. The molecule has 0 bridgehead atoms. The van der Waals surface area contributed by atoms with E-state index in [2.05, 4.69) is 81.3 Å². The number of rotatable bonds is 6. The maximum Gasteiger partial charge on any atom is 0.161 e. The first-order valence-corrected chi connectivity index (χ1v) is 20.6. The highest BCUT2D eigenvalue weighted by atomic mass is 16.3. The number of aromatic nitrogens is 7. The Morgan fingerprint density at radius 2 is 0.810 bits per heavy atom. The topological polar surface area (TPSA) is 109 Å². The van der Waals surface area contributed by atoms with Crippen molar-refractivity contribution in [1.29, 1.82) is 0 Å². The Balaban J connectivity index is 0.998. The molecule has 13 aromatic rings. The van der Waals surface area contributed by atoms with E-state index in [1.165, 1.54) is 0 Å². The van der Waals surface area contributed by atoms with Crippen LogP contribution in [0.5, 0.6) is 0 Å². The largest absolute Gasteiger partial charge is 0.454 e. The maximum atomic E-state index is 6.68. The SMILES string of the molecule is c1ccc(-c2ccc3oc4c(-c5cc(-c6ccc(-n7c8cccnc8c8ncccc87)cc6)cc(-c6ccnc7c6oc6ccc(-c8ccccn8)cc67)c5)ccnc4c3c2)nc1. The van der Waals surface area contributed by atoms with E-state index in [1.807, 2.05) is 122 Å². The van der Waals surface area contributed by atoms with Gasteiger partial charge in [-0.2, -0.15) is 0 Å². The summed E-state index contributed by atoms with van der Waals surface area (Å²) < 4.78 is 15.6. The van der Waals surface area contributed by atoms with Gasteiger partial charge in [-0.25, -0.2) is 0 Å². The van der Waals surface area contributed by atoms with Gasteiger partial charge in [0.1, 0.15) is 33.2 Å². The third-order valence-corrected chi connectivity index (χ3v) is 11.9. The number of fused-ring (bicyclic) bond motifs is 9. The standard InChI is InChI=1S/C54H31N7O2/c1-3-21-55-43(7-1)33-13-17-47-41(30-33)49-53(62-47)39(19-25-59-49)36-27-35(32-11-15-38(16-12-32)61-45-9-5-23-57-51(45)52-46(61)10-6-24-58-52)28-37(29-36)40-20-26-60-50-42-31-34(44-8-2-4-22-56-44)14-18-48(42)63-54(40)50/h1-31H. The molecule has 0 fully saturated rings. The minimum absolute atomic E-state index is 0.711. The van der Waals surface area contributed by atoms with Crippen LogP contribution in [0.15, 0.2) is 198 Å². The van der Waals surface area contributed by atoms with Crippen LogP contribution in [0.2, 0.25) is 0 Å². The van der Waals surface area contributed by atoms with Crippen molar-refractivity contribution in [2.45, 2.75) is 0 Å². The van der Waals surface area contributed by atoms with Crippen LogP contribution in [0.3, 0.4) is 0 Å². The highest BCUT2D eigenvalue weighted by Gasteiger charge is 2.20. The van der Waals surface area contributed by atoms with Gasteiger partial charge < -0.3 is 13.4 Å². The molecule has 0 atom stereocenters. The first-order chi connectivity index (χ1) is 31.2. The summed E-state index contributed by atoms with van der Waals surface area (Å²) in [5, 5.41) is 1.86. The third-order valence-electron chi connectivity index (χ3n) is 11.9. The molecule has 13 rings (SSSR count). The van der Waals surface area contributed by atoms with Gasteiger partial charge in [0.15, 0.2) is 11.2 Å². The Morgan fingerprint density at radius 3 is 1.32 bits per heavy atom. The van der Waals surface area contributed by atoms with E-state index in [4.69, 9.17) is 28.8 Å². The van der Waals surface area contributed by atoms with E-state index in [0.29, 0.717) is 11.2 Å². The van der Waals surface area contributed by atoms with Crippen LogP contribution >= 0.6 is 0 Å². The minimum Gasteiger partial charge on any atom is -0.454 e. The highest BCUT2D eigenvalue weighted by Crippen LogP contribution is 2.42. The van der Waals surface area contributed by atoms with E-state index >= 15 is 0 Å². The van der Waals surface area contributed by atoms with Gasteiger partial charge in [-0.15, -0.1) is 0 Å². The summed E-state index contributed by atoms with van der Waals surface area (Å²) in [6.07, 6.45) is 11.0. The number of pyridine rings is 6. The monoisotopic (exact) mass is 809 g/mol. The highest BCUT2D eigenvalue weighted by molar-refractivity contribution is 6.11. The third kappa shape index (κ3) is 5.64. The van der Waals surface area contributed by atoms with Crippen molar-refractivity contribution in [1.82, 2.24) is 34.5 Å². The Labute approximate surface area is 358 Å². The van der Waals surface area contributed by atoms with Crippen molar-refractivity contribution in [3.63, 3.8) is 0 Å². The first-order valence-electron chi connectivity index (χ1n) is 20.6. The van der Waals surface area contributed by atoms with Crippen molar-refractivity contribution in [3.05, 3.63) is 189 Å². The second-order valence-electron chi connectivity index (χ2n) is 15.6. The molecule has 0 aliphatic carbocycles. The fourth-order valence-corrected chi connectivity index (χ4v) is 8.99. The fraction of sp³-hybridized carbons (Fsp3) is 0. The van der Waals surface area contributed by atoms with Gasteiger partial charge in [0, 0.05) is 75.9 Å². The number of nitrogens with zero attached hydrogens (tertiary/aromatic N) is 7. The molecule has 0 unspecified atom stereocenters.